The average Bonchev–Trinajstić information content (AvgIpc) is 3.21. The van der Waals surface area contributed by atoms with Crippen molar-refractivity contribution in [3.8, 4) is 5.75 Å². The van der Waals surface area contributed by atoms with Gasteiger partial charge in [-0.1, -0.05) is 39.0 Å². The number of anilines is 1. The fraction of sp³-hybridized carbons (Fsp3) is 0.400. The topological polar surface area (TPSA) is 93.9 Å². The van der Waals surface area contributed by atoms with Crippen LogP contribution in [0.15, 0.2) is 42.5 Å². The summed E-state index contributed by atoms with van der Waals surface area (Å²) in [7, 11) is -1.60. The van der Waals surface area contributed by atoms with Crippen LogP contribution in [0, 0.1) is 0 Å². The summed E-state index contributed by atoms with van der Waals surface area (Å²) >= 11 is 0. The number of hydrogen-bond acceptors (Lipinski definition) is 6. The van der Waals surface area contributed by atoms with Gasteiger partial charge in [0.05, 0.1) is 5.52 Å². The van der Waals surface area contributed by atoms with Gasteiger partial charge < -0.3 is 14.3 Å². The Bertz CT molecular complexity index is 1270. The molecule has 1 aromatic heterocycles. The Labute approximate surface area is 200 Å². The highest BCUT2D eigenvalue weighted by Gasteiger charge is 2.39. The molecule has 0 spiro atoms. The van der Waals surface area contributed by atoms with E-state index < -0.39 is 27.0 Å². The van der Waals surface area contributed by atoms with E-state index in [0.29, 0.717) is 27.8 Å². The zero-order valence-electron chi connectivity index (χ0n) is 20.6. The smallest absolute Gasteiger partial charge is 0.435 e. The first-order chi connectivity index (χ1) is 15.8. The molecule has 0 bridgehead atoms. The molecule has 0 saturated heterocycles. The molecule has 1 aliphatic rings. The number of carbonyl (C=O) groups is 2. The number of carbonyl (C=O) groups excluding carboxylic acids is 2. The van der Waals surface area contributed by atoms with Crippen LogP contribution in [0.1, 0.15) is 63.7 Å². The van der Waals surface area contributed by atoms with E-state index >= 15 is 0 Å². The highest BCUT2D eigenvalue weighted by Crippen LogP contribution is 2.40. The Morgan fingerprint density at radius 2 is 1.76 bits per heavy atom. The predicted molar refractivity (Wildman–Crippen MR) is 133 cm³/mol. The van der Waals surface area contributed by atoms with E-state index in [0.717, 1.165) is 4.68 Å². The largest absolute Gasteiger partial charge is 0.546 e. The van der Waals surface area contributed by atoms with E-state index in [1.807, 2.05) is 6.07 Å². The molecule has 8 nitrogen and oxygen atoms in total. The molecule has 1 N–H and O–H groups in total. The summed E-state index contributed by atoms with van der Waals surface area (Å²) in [6.07, 6.45) is -1.89. The first kappa shape index (κ1) is 24.0. The molecule has 1 amide bonds. The number of benzene rings is 2. The van der Waals surface area contributed by atoms with Crippen LogP contribution in [-0.2, 0) is 4.74 Å². The van der Waals surface area contributed by atoms with Crippen molar-refractivity contribution in [2.45, 2.75) is 65.0 Å². The minimum atomic E-state index is -1.60. The minimum absolute atomic E-state index is 0.0450. The summed E-state index contributed by atoms with van der Waals surface area (Å²) in [6.45, 7) is 13.9. The van der Waals surface area contributed by atoms with Gasteiger partial charge in [-0.2, -0.15) is 4.68 Å². The van der Waals surface area contributed by atoms with Gasteiger partial charge in [-0.05, 0) is 50.6 Å². The second-order valence-electron chi connectivity index (χ2n) is 10.7. The highest BCUT2D eigenvalue weighted by molar-refractivity contribution is 6.54. The first-order valence-corrected chi connectivity index (χ1v) is 13.5. The van der Waals surface area contributed by atoms with E-state index in [2.05, 4.69) is 32.4 Å². The molecule has 0 saturated carbocycles. The van der Waals surface area contributed by atoms with Gasteiger partial charge in [0.2, 0.25) is 9.04 Å². The van der Waals surface area contributed by atoms with Crippen LogP contribution in [0.4, 0.5) is 10.6 Å². The normalized spacial score (nSPS) is 17.1. The second-order valence-corrected chi connectivity index (χ2v) is 13.9. The maximum absolute atomic E-state index is 13.2. The Balaban J connectivity index is 1.84. The molecule has 1 aliphatic heterocycles. The van der Waals surface area contributed by atoms with Crippen molar-refractivity contribution in [3.05, 3.63) is 53.6 Å². The molecule has 4 rings (SSSR count). The SMILES string of the molecule is C[SiH](Oc1ccc2c(N3C(=O)c4ccccc4C3O)nn(C(=O)OC(C)(C)C)c2c1)C(C)(C)C. The van der Waals surface area contributed by atoms with Gasteiger partial charge in [-0.3, -0.25) is 9.69 Å². The van der Waals surface area contributed by atoms with Crippen molar-refractivity contribution in [1.82, 2.24) is 9.78 Å². The Morgan fingerprint density at radius 3 is 2.38 bits per heavy atom. The van der Waals surface area contributed by atoms with Gasteiger partial charge in [0.1, 0.15) is 11.4 Å². The van der Waals surface area contributed by atoms with E-state index in [1.54, 1.807) is 57.2 Å². The quantitative estimate of drug-likeness (QED) is 0.529. The van der Waals surface area contributed by atoms with Crippen molar-refractivity contribution >= 4 is 37.8 Å². The van der Waals surface area contributed by atoms with Gasteiger partial charge in [-0.15, -0.1) is 5.10 Å². The maximum Gasteiger partial charge on any atom is 0.435 e. The van der Waals surface area contributed by atoms with Crippen LogP contribution in [0.3, 0.4) is 0 Å². The van der Waals surface area contributed by atoms with Crippen molar-refractivity contribution in [2.24, 2.45) is 0 Å². The van der Waals surface area contributed by atoms with Crippen LogP contribution < -0.4 is 9.33 Å². The molecule has 9 heteroatoms. The fourth-order valence-electron chi connectivity index (χ4n) is 3.66. The summed E-state index contributed by atoms with van der Waals surface area (Å²) in [5.41, 5.74) is 0.599. The minimum Gasteiger partial charge on any atom is -0.546 e. The average molecular weight is 482 g/mol. The number of fused-ring (bicyclic) bond motifs is 2. The highest BCUT2D eigenvalue weighted by atomic mass is 28.3. The van der Waals surface area contributed by atoms with Crippen molar-refractivity contribution < 1.29 is 23.9 Å². The molecule has 0 aliphatic carbocycles. The molecule has 0 radical (unpaired) electrons. The van der Waals surface area contributed by atoms with Crippen LogP contribution in [0.25, 0.3) is 10.9 Å². The molecular weight excluding hydrogens is 450 g/mol. The van der Waals surface area contributed by atoms with Gasteiger partial charge in [0.15, 0.2) is 12.0 Å². The lowest BCUT2D eigenvalue weighted by atomic mass is 10.1. The Kier molecular flexibility index (Phi) is 5.81. The van der Waals surface area contributed by atoms with Gasteiger partial charge in [0, 0.05) is 22.6 Å². The monoisotopic (exact) mass is 481 g/mol. The number of rotatable bonds is 3. The molecule has 2 atom stereocenters. The molecule has 2 aromatic carbocycles. The molecule has 2 unspecified atom stereocenters. The molecule has 34 heavy (non-hydrogen) atoms. The lowest BCUT2D eigenvalue weighted by Gasteiger charge is -2.26. The van der Waals surface area contributed by atoms with E-state index in [-0.39, 0.29) is 16.8 Å². The Hall–Kier alpha value is -3.17. The molecule has 2 heterocycles. The van der Waals surface area contributed by atoms with Gasteiger partial charge >= 0.3 is 6.09 Å². The van der Waals surface area contributed by atoms with E-state index in [1.165, 1.54) is 4.90 Å². The standard InChI is InChI=1S/C25H31N3O5Si/c1-24(2,3)32-23(31)28-19-14-15(33-34(7)25(4,5)6)12-13-18(19)20(26-28)27-21(29)16-10-8-9-11-17(16)22(27)30/h8-14,21,29,34H,1-7H3. The lowest BCUT2D eigenvalue weighted by molar-refractivity contribution is 0.0521. The first-order valence-electron chi connectivity index (χ1n) is 11.3. The van der Waals surface area contributed by atoms with Crippen molar-refractivity contribution in [2.75, 3.05) is 4.90 Å². The molecule has 0 fully saturated rings. The number of aliphatic hydroxyl groups excluding tert-OH is 1. The van der Waals surface area contributed by atoms with E-state index in [9.17, 15) is 14.7 Å². The summed E-state index contributed by atoms with van der Waals surface area (Å²) in [5, 5.41) is 16.0. The van der Waals surface area contributed by atoms with Crippen molar-refractivity contribution in [1.29, 1.82) is 0 Å². The number of aromatic nitrogens is 2. The van der Waals surface area contributed by atoms with Crippen LogP contribution in [-0.4, -0.2) is 41.5 Å². The van der Waals surface area contributed by atoms with Gasteiger partial charge in [0.25, 0.3) is 5.91 Å². The fourth-order valence-corrected chi connectivity index (χ4v) is 4.57. The number of nitrogens with zero attached hydrogens (tertiary/aromatic N) is 3. The van der Waals surface area contributed by atoms with Crippen LogP contribution in [0.5, 0.6) is 5.75 Å². The third kappa shape index (κ3) is 4.33. The molecule has 180 valence electrons. The molecular formula is C25H31N3O5Si. The third-order valence-electron chi connectivity index (χ3n) is 5.89. The zero-order valence-corrected chi connectivity index (χ0v) is 21.8. The summed E-state index contributed by atoms with van der Waals surface area (Å²) in [5.74, 6) is 0.421. The lowest BCUT2D eigenvalue weighted by Crippen LogP contribution is -2.30. The number of hydrogen-bond donors (Lipinski definition) is 1. The van der Waals surface area contributed by atoms with E-state index in [4.69, 9.17) is 9.16 Å². The second kappa shape index (κ2) is 8.25. The third-order valence-corrected chi connectivity index (χ3v) is 8.96. The molecule has 3 aromatic rings. The predicted octanol–water partition coefficient (Wildman–Crippen LogP) is 5.00. The van der Waals surface area contributed by atoms with Crippen LogP contribution in [0.2, 0.25) is 11.6 Å². The number of ether oxygens (including phenoxy) is 1. The number of amides is 1. The maximum atomic E-state index is 13.2. The van der Waals surface area contributed by atoms with Crippen molar-refractivity contribution in [3.63, 3.8) is 0 Å². The summed E-state index contributed by atoms with van der Waals surface area (Å²) in [4.78, 5) is 27.4. The summed E-state index contributed by atoms with van der Waals surface area (Å²) in [6, 6.07) is 12.2. The zero-order chi connectivity index (χ0) is 25.0. The summed E-state index contributed by atoms with van der Waals surface area (Å²) < 4.78 is 13.0. The Morgan fingerprint density at radius 1 is 1.09 bits per heavy atom. The van der Waals surface area contributed by atoms with Gasteiger partial charge in [-0.25, -0.2) is 4.79 Å². The number of aliphatic hydroxyl groups is 1. The van der Waals surface area contributed by atoms with Crippen LogP contribution >= 0.6 is 0 Å².